The number of hydrogen-bond acceptors (Lipinski definition) is 6. The summed E-state index contributed by atoms with van der Waals surface area (Å²) in [6.07, 6.45) is 0.241. The third-order valence-electron chi connectivity index (χ3n) is 3.86. The standard InChI is InChI=1S/C17H20N2O6/c1-12(2)16(20)25-14-7-9-18(10-8-14)17(21)24-11-13-5-3-4-6-15(13)19(22)23/h3-6,14H,1,7-11H2,2H3. The summed E-state index contributed by atoms with van der Waals surface area (Å²) in [7, 11) is 0. The molecule has 0 atom stereocenters. The van der Waals surface area contributed by atoms with Crippen LogP contribution in [0.2, 0.25) is 0 Å². The van der Waals surface area contributed by atoms with Crippen molar-refractivity contribution < 1.29 is 24.0 Å². The Balaban J connectivity index is 1.82. The first-order valence-corrected chi connectivity index (χ1v) is 7.89. The van der Waals surface area contributed by atoms with Crippen molar-refractivity contribution in [2.24, 2.45) is 0 Å². The summed E-state index contributed by atoms with van der Waals surface area (Å²) in [5, 5.41) is 10.9. The fraction of sp³-hybridized carbons (Fsp3) is 0.412. The van der Waals surface area contributed by atoms with Crippen molar-refractivity contribution in [3.63, 3.8) is 0 Å². The molecule has 8 nitrogen and oxygen atoms in total. The van der Waals surface area contributed by atoms with E-state index >= 15 is 0 Å². The maximum atomic E-state index is 12.1. The van der Waals surface area contributed by atoms with Crippen LogP contribution >= 0.6 is 0 Å². The van der Waals surface area contributed by atoms with Crippen LogP contribution in [-0.4, -0.2) is 41.1 Å². The van der Waals surface area contributed by atoms with Crippen LogP contribution in [0.3, 0.4) is 0 Å². The van der Waals surface area contributed by atoms with Gasteiger partial charge in [-0.3, -0.25) is 10.1 Å². The molecule has 134 valence electrons. The van der Waals surface area contributed by atoms with E-state index in [9.17, 15) is 19.7 Å². The second-order valence-corrected chi connectivity index (χ2v) is 5.81. The van der Waals surface area contributed by atoms with Gasteiger partial charge in [-0.05, 0) is 13.0 Å². The van der Waals surface area contributed by atoms with E-state index < -0.39 is 17.0 Å². The smallest absolute Gasteiger partial charge is 0.410 e. The van der Waals surface area contributed by atoms with E-state index in [-0.39, 0.29) is 18.4 Å². The molecule has 1 aliphatic heterocycles. The lowest BCUT2D eigenvalue weighted by atomic mass is 10.1. The molecule has 8 heteroatoms. The number of hydrogen-bond donors (Lipinski definition) is 0. The summed E-state index contributed by atoms with van der Waals surface area (Å²) >= 11 is 0. The zero-order valence-electron chi connectivity index (χ0n) is 14.0. The predicted molar refractivity (Wildman–Crippen MR) is 88.8 cm³/mol. The van der Waals surface area contributed by atoms with Gasteiger partial charge in [0, 0.05) is 37.6 Å². The van der Waals surface area contributed by atoms with Crippen molar-refractivity contribution in [2.75, 3.05) is 13.1 Å². The lowest BCUT2D eigenvalue weighted by Gasteiger charge is -2.31. The molecule has 1 saturated heterocycles. The van der Waals surface area contributed by atoms with Crippen LogP contribution in [0.4, 0.5) is 10.5 Å². The van der Waals surface area contributed by atoms with Gasteiger partial charge in [0.15, 0.2) is 0 Å². The lowest BCUT2D eigenvalue weighted by Crippen LogP contribution is -2.41. The number of likely N-dealkylation sites (tertiary alicyclic amines) is 1. The summed E-state index contributed by atoms with van der Waals surface area (Å²) in [4.78, 5) is 35.5. The summed E-state index contributed by atoms with van der Waals surface area (Å²) in [6, 6.07) is 6.12. The molecule has 0 spiro atoms. The second kappa shape index (κ2) is 8.27. The van der Waals surface area contributed by atoms with Crippen LogP contribution in [0.1, 0.15) is 25.3 Å². The van der Waals surface area contributed by atoms with Crippen LogP contribution in [0.25, 0.3) is 0 Å². The number of carbonyl (C=O) groups is 2. The third-order valence-corrected chi connectivity index (χ3v) is 3.86. The fourth-order valence-electron chi connectivity index (χ4n) is 2.45. The Bertz CT molecular complexity index is 679. The minimum absolute atomic E-state index is 0.0827. The summed E-state index contributed by atoms with van der Waals surface area (Å²) < 4.78 is 10.4. The van der Waals surface area contributed by atoms with E-state index in [4.69, 9.17) is 9.47 Å². The Morgan fingerprint density at radius 1 is 1.32 bits per heavy atom. The largest absolute Gasteiger partial charge is 0.459 e. The van der Waals surface area contributed by atoms with Crippen LogP contribution in [0, 0.1) is 10.1 Å². The quantitative estimate of drug-likeness (QED) is 0.351. The number of nitrogens with zero attached hydrogens (tertiary/aromatic N) is 2. The van der Waals surface area contributed by atoms with Crippen LogP contribution < -0.4 is 0 Å². The first-order chi connectivity index (χ1) is 11.9. The Labute approximate surface area is 145 Å². The molecule has 1 amide bonds. The topological polar surface area (TPSA) is 99.0 Å². The number of benzene rings is 1. The van der Waals surface area contributed by atoms with Crippen LogP contribution in [0.5, 0.6) is 0 Å². The van der Waals surface area contributed by atoms with Gasteiger partial charge in [0.1, 0.15) is 12.7 Å². The highest BCUT2D eigenvalue weighted by atomic mass is 16.6. The van der Waals surface area contributed by atoms with E-state index in [1.54, 1.807) is 25.1 Å². The zero-order chi connectivity index (χ0) is 18.4. The number of carbonyl (C=O) groups excluding carboxylic acids is 2. The SMILES string of the molecule is C=C(C)C(=O)OC1CCN(C(=O)OCc2ccccc2[N+](=O)[O-])CC1. The van der Waals surface area contributed by atoms with Gasteiger partial charge in [-0.2, -0.15) is 0 Å². The maximum absolute atomic E-state index is 12.1. The van der Waals surface area contributed by atoms with E-state index in [1.165, 1.54) is 11.0 Å². The number of para-hydroxylation sites is 1. The third kappa shape index (κ3) is 5.03. The highest BCUT2D eigenvalue weighted by Gasteiger charge is 2.26. The molecule has 0 saturated carbocycles. The van der Waals surface area contributed by atoms with E-state index in [0.29, 0.717) is 37.1 Å². The van der Waals surface area contributed by atoms with Gasteiger partial charge in [-0.1, -0.05) is 18.7 Å². The summed E-state index contributed by atoms with van der Waals surface area (Å²) in [5.74, 6) is -0.433. The zero-order valence-corrected chi connectivity index (χ0v) is 14.0. The average molecular weight is 348 g/mol. The number of esters is 1. The molecule has 2 rings (SSSR count). The normalized spacial score (nSPS) is 14.7. The molecule has 0 bridgehead atoms. The van der Waals surface area contributed by atoms with Crippen LogP contribution in [0.15, 0.2) is 36.4 Å². The number of ether oxygens (including phenoxy) is 2. The molecule has 1 fully saturated rings. The molecule has 0 unspecified atom stereocenters. The molecular weight excluding hydrogens is 328 g/mol. The summed E-state index contributed by atoms with van der Waals surface area (Å²) in [5.41, 5.74) is 0.595. The average Bonchev–Trinajstić information content (AvgIpc) is 2.60. The Morgan fingerprint density at radius 2 is 1.96 bits per heavy atom. The van der Waals surface area contributed by atoms with Crippen molar-refractivity contribution in [3.8, 4) is 0 Å². The lowest BCUT2D eigenvalue weighted by molar-refractivity contribution is -0.385. The number of nitro benzene ring substituents is 1. The Hall–Kier alpha value is -2.90. The van der Waals surface area contributed by atoms with Crippen molar-refractivity contribution in [1.29, 1.82) is 0 Å². The van der Waals surface area contributed by atoms with Gasteiger partial charge in [0.25, 0.3) is 5.69 Å². The summed E-state index contributed by atoms with van der Waals surface area (Å²) in [6.45, 7) is 5.73. The Morgan fingerprint density at radius 3 is 2.56 bits per heavy atom. The number of rotatable bonds is 5. The monoisotopic (exact) mass is 348 g/mol. The van der Waals surface area contributed by atoms with Crippen molar-refractivity contribution >= 4 is 17.7 Å². The number of nitro groups is 1. The van der Waals surface area contributed by atoms with E-state index in [0.717, 1.165) is 0 Å². The fourth-order valence-corrected chi connectivity index (χ4v) is 2.45. The second-order valence-electron chi connectivity index (χ2n) is 5.81. The van der Waals surface area contributed by atoms with Gasteiger partial charge in [0.05, 0.1) is 10.5 Å². The number of piperidine rings is 1. The molecule has 1 aromatic carbocycles. The van der Waals surface area contributed by atoms with Gasteiger partial charge in [0.2, 0.25) is 0 Å². The number of amides is 1. The highest BCUT2D eigenvalue weighted by Crippen LogP contribution is 2.20. The molecule has 0 radical (unpaired) electrons. The van der Waals surface area contributed by atoms with Gasteiger partial charge in [-0.15, -0.1) is 0 Å². The maximum Gasteiger partial charge on any atom is 0.410 e. The minimum Gasteiger partial charge on any atom is -0.459 e. The molecule has 25 heavy (non-hydrogen) atoms. The highest BCUT2D eigenvalue weighted by molar-refractivity contribution is 5.87. The van der Waals surface area contributed by atoms with Crippen LogP contribution in [-0.2, 0) is 20.9 Å². The first-order valence-electron chi connectivity index (χ1n) is 7.89. The van der Waals surface area contributed by atoms with E-state index in [2.05, 4.69) is 6.58 Å². The predicted octanol–water partition coefficient (Wildman–Crippen LogP) is 2.82. The van der Waals surface area contributed by atoms with E-state index in [1.807, 2.05) is 0 Å². The molecule has 1 heterocycles. The van der Waals surface area contributed by atoms with Crippen molar-refractivity contribution in [2.45, 2.75) is 32.5 Å². The first kappa shape index (κ1) is 18.4. The van der Waals surface area contributed by atoms with Gasteiger partial charge < -0.3 is 14.4 Å². The van der Waals surface area contributed by atoms with Gasteiger partial charge in [-0.25, -0.2) is 9.59 Å². The Kier molecular flexibility index (Phi) is 6.10. The molecule has 1 aromatic rings. The molecule has 1 aliphatic rings. The molecule has 0 aromatic heterocycles. The molecule has 0 aliphatic carbocycles. The minimum atomic E-state index is -0.539. The van der Waals surface area contributed by atoms with Crippen molar-refractivity contribution in [3.05, 3.63) is 52.1 Å². The van der Waals surface area contributed by atoms with Crippen molar-refractivity contribution in [1.82, 2.24) is 4.90 Å². The molecular formula is C17H20N2O6. The molecule has 0 N–H and O–H groups in total. The van der Waals surface area contributed by atoms with Gasteiger partial charge >= 0.3 is 12.1 Å².